The van der Waals surface area contributed by atoms with E-state index in [4.69, 9.17) is 5.14 Å². The first-order chi connectivity index (χ1) is 11.0. The summed E-state index contributed by atoms with van der Waals surface area (Å²) in [6.07, 6.45) is 0. The van der Waals surface area contributed by atoms with Crippen molar-refractivity contribution in [2.75, 3.05) is 7.05 Å². The van der Waals surface area contributed by atoms with Crippen LogP contribution in [0.4, 0.5) is 4.39 Å². The Hall–Kier alpha value is -1.81. The third-order valence-corrected chi connectivity index (χ3v) is 6.56. The SMILES string of the molecule is C[C@@H](c1ccc(S(N)(=O)=O)cc1)N(C)S(=O)(=O)c1cccc(F)c1. The van der Waals surface area contributed by atoms with Crippen molar-refractivity contribution < 1.29 is 21.2 Å². The van der Waals surface area contributed by atoms with Crippen molar-refractivity contribution >= 4 is 20.0 Å². The van der Waals surface area contributed by atoms with Gasteiger partial charge in [0, 0.05) is 13.1 Å². The molecule has 0 radical (unpaired) electrons. The molecule has 6 nitrogen and oxygen atoms in total. The number of nitrogens with zero attached hydrogens (tertiary/aromatic N) is 1. The molecule has 0 fully saturated rings. The van der Waals surface area contributed by atoms with Crippen molar-refractivity contribution in [3.05, 3.63) is 59.9 Å². The zero-order valence-corrected chi connectivity index (χ0v) is 14.7. The number of rotatable bonds is 5. The van der Waals surface area contributed by atoms with Crippen molar-refractivity contribution in [3.63, 3.8) is 0 Å². The number of hydrogen-bond donors (Lipinski definition) is 1. The summed E-state index contributed by atoms with van der Waals surface area (Å²) in [6.45, 7) is 1.64. The van der Waals surface area contributed by atoms with Gasteiger partial charge in [0.05, 0.1) is 9.79 Å². The smallest absolute Gasteiger partial charge is 0.225 e. The molecule has 0 saturated heterocycles. The van der Waals surface area contributed by atoms with Crippen LogP contribution in [0.25, 0.3) is 0 Å². The summed E-state index contributed by atoms with van der Waals surface area (Å²) in [4.78, 5) is -0.216. The van der Waals surface area contributed by atoms with Crippen LogP contribution in [0.3, 0.4) is 0 Å². The van der Waals surface area contributed by atoms with Crippen molar-refractivity contribution in [2.45, 2.75) is 22.8 Å². The van der Waals surface area contributed by atoms with Crippen molar-refractivity contribution in [1.82, 2.24) is 4.31 Å². The van der Waals surface area contributed by atoms with Crippen molar-refractivity contribution in [1.29, 1.82) is 0 Å². The average molecular weight is 372 g/mol. The summed E-state index contributed by atoms with van der Waals surface area (Å²) in [5.41, 5.74) is 0.574. The number of nitrogens with two attached hydrogens (primary N) is 1. The van der Waals surface area contributed by atoms with Gasteiger partial charge in [-0.05, 0) is 42.8 Å². The molecule has 0 aliphatic rings. The van der Waals surface area contributed by atoms with Gasteiger partial charge in [-0.1, -0.05) is 18.2 Å². The minimum absolute atomic E-state index is 0.0610. The second-order valence-corrected chi connectivity index (χ2v) is 8.83. The molecule has 2 aromatic carbocycles. The quantitative estimate of drug-likeness (QED) is 0.866. The van der Waals surface area contributed by atoms with E-state index in [1.807, 2.05) is 0 Å². The predicted octanol–water partition coefficient (Wildman–Crippen LogP) is 1.85. The average Bonchev–Trinajstić information content (AvgIpc) is 2.52. The zero-order valence-electron chi connectivity index (χ0n) is 13.0. The van der Waals surface area contributed by atoms with E-state index in [0.29, 0.717) is 5.56 Å². The molecule has 24 heavy (non-hydrogen) atoms. The Morgan fingerprint density at radius 2 is 1.58 bits per heavy atom. The van der Waals surface area contributed by atoms with Gasteiger partial charge < -0.3 is 0 Å². The van der Waals surface area contributed by atoms with Crippen LogP contribution < -0.4 is 5.14 Å². The lowest BCUT2D eigenvalue weighted by Crippen LogP contribution is -2.30. The van der Waals surface area contributed by atoms with Crippen LogP contribution in [-0.2, 0) is 20.0 Å². The molecule has 0 bridgehead atoms. The number of primary sulfonamides is 1. The van der Waals surface area contributed by atoms with Gasteiger partial charge in [-0.25, -0.2) is 26.4 Å². The highest BCUT2D eigenvalue weighted by Crippen LogP contribution is 2.26. The molecular formula is C15H17FN2O4S2. The first-order valence-corrected chi connectivity index (χ1v) is 9.88. The Bertz CT molecular complexity index is 942. The Balaban J connectivity index is 2.33. The van der Waals surface area contributed by atoms with Crippen molar-refractivity contribution in [3.8, 4) is 0 Å². The van der Waals surface area contributed by atoms with E-state index < -0.39 is 31.9 Å². The maximum atomic E-state index is 13.3. The van der Waals surface area contributed by atoms with E-state index in [2.05, 4.69) is 0 Å². The monoisotopic (exact) mass is 372 g/mol. The Morgan fingerprint density at radius 3 is 2.08 bits per heavy atom. The molecule has 0 aliphatic carbocycles. The van der Waals surface area contributed by atoms with Gasteiger partial charge in [0.15, 0.2) is 0 Å². The number of halogens is 1. The topological polar surface area (TPSA) is 97.5 Å². The summed E-state index contributed by atoms with van der Waals surface area (Å²) in [7, 11) is -6.34. The fraction of sp³-hybridized carbons (Fsp3) is 0.200. The van der Waals surface area contributed by atoms with Crippen molar-refractivity contribution in [2.24, 2.45) is 5.14 Å². The van der Waals surface area contributed by atoms with Crippen LogP contribution in [0.1, 0.15) is 18.5 Å². The second kappa shape index (κ2) is 6.60. The van der Waals surface area contributed by atoms with Crippen LogP contribution in [0.2, 0.25) is 0 Å². The molecule has 9 heteroatoms. The van der Waals surface area contributed by atoms with E-state index in [-0.39, 0.29) is 9.79 Å². The van der Waals surface area contributed by atoms with Gasteiger partial charge in [0.1, 0.15) is 5.82 Å². The Morgan fingerprint density at radius 1 is 1.00 bits per heavy atom. The summed E-state index contributed by atoms with van der Waals surface area (Å²) in [5, 5.41) is 5.03. The van der Waals surface area contributed by atoms with Gasteiger partial charge >= 0.3 is 0 Å². The molecule has 130 valence electrons. The van der Waals surface area contributed by atoms with Crippen LogP contribution in [-0.4, -0.2) is 28.2 Å². The predicted molar refractivity (Wildman–Crippen MR) is 87.6 cm³/mol. The van der Waals surface area contributed by atoms with Crippen LogP contribution in [0.15, 0.2) is 58.3 Å². The maximum Gasteiger partial charge on any atom is 0.243 e. The first kappa shape index (κ1) is 18.5. The fourth-order valence-corrected chi connectivity index (χ4v) is 4.05. The zero-order chi connectivity index (χ0) is 18.1. The maximum absolute atomic E-state index is 13.3. The van der Waals surface area contributed by atoms with Crippen LogP contribution in [0, 0.1) is 5.82 Å². The van der Waals surface area contributed by atoms with E-state index in [1.54, 1.807) is 6.92 Å². The number of benzene rings is 2. The Kier molecular flexibility index (Phi) is 5.09. The fourth-order valence-electron chi connectivity index (χ4n) is 2.15. The lowest BCUT2D eigenvalue weighted by Gasteiger charge is -2.24. The Labute approximate surface area is 140 Å². The van der Waals surface area contributed by atoms with E-state index in [1.165, 1.54) is 43.4 Å². The first-order valence-electron chi connectivity index (χ1n) is 6.90. The van der Waals surface area contributed by atoms with E-state index >= 15 is 0 Å². The molecule has 0 saturated carbocycles. The molecule has 0 unspecified atom stereocenters. The highest BCUT2D eigenvalue weighted by molar-refractivity contribution is 7.89. The minimum Gasteiger partial charge on any atom is -0.225 e. The lowest BCUT2D eigenvalue weighted by atomic mass is 10.1. The molecule has 2 aromatic rings. The molecule has 0 spiro atoms. The molecular weight excluding hydrogens is 355 g/mol. The minimum atomic E-state index is -3.90. The normalized spacial score (nSPS) is 13.9. The molecule has 2 N–H and O–H groups in total. The molecule has 2 rings (SSSR count). The molecule has 0 aliphatic heterocycles. The third-order valence-electron chi connectivity index (χ3n) is 3.71. The summed E-state index contributed by atoms with van der Waals surface area (Å²) < 4.78 is 62.0. The third kappa shape index (κ3) is 3.81. The highest BCUT2D eigenvalue weighted by atomic mass is 32.2. The largest absolute Gasteiger partial charge is 0.243 e. The summed E-state index contributed by atoms with van der Waals surface area (Å²) >= 11 is 0. The van der Waals surface area contributed by atoms with Gasteiger partial charge in [0.25, 0.3) is 0 Å². The standard InChI is InChI=1S/C15H17FN2O4S2/c1-11(12-6-8-14(9-7-12)23(17,19)20)18(2)24(21,22)15-5-3-4-13(16)10-15/h3-11H,1-2H3,(H2,17,19,20)/t11-/m0/s1. The summed E-state index contributed by atoms with van der Waals surface area (Å²) in [6, 6.07) is 9.75. The van der Waals surface area contributed by atoms with Gasteiger partial charge in [-0.3, -0.25) is 0 Å². The second-order valence-electron chi connectivity index (χ2n) is 5.27. The van der Waals surface area contributed by atoms with E-state index in [9.17, 15) is 21.2 Å². The van der Waals surface area contributed by atoms with Gasteiger partial charge in [-0.2, -0.15) is 4.31 Å². The van der Waals surface area contributed by atoms with Gasteiger partial charge in [-0.15, -0.1) is 0 Å². The van der Waals surface area contributed by atoms with E-state index in [0.717, 1.165) is 16.4 Å². The van der Waals surface area contributed by atoms with Crippen LogP contribution >= 0.6 is 0 Å². The number of hydrogen-bond acceptors (Lipinski definition) is 4. The lowest BCUT2D eigenvalue weighted by molar-refractivity contribution is 0.398. The van der Waals surface area contributed by atoms with Crippen LogP contribution in [0.5, 0.6) is 0 Å². The number of sulfonamides is 2. The molecule has 0 heterocycles. The molecule has 1 atom stereocenters. The summed E-state index contributed by atoms with van der Waals surface area (Å²) in [5.74, 6) is -0.644. The molecule has 0 aromatic heterocycles. The van der Waals surface area contributed by atoms with Gasteiger partial charge in [0.2, 0.25) is 20.0 Å². The highest BCUT2D eigenvalue weighted by Gasteiger charge is 2.26. The molecule has 0 amide bonds.